The van der Waals surface area contributed by atoms with Crippen LogP contribution in [0.3, 0.4) is 0 Å². The Labute approximate surface area is 180 Å². The molecule has 0 saturated carbocycles. The first-order valence-electron chi connectivity index (χ1n) is 9.82. The Balaban J connectivity index is 1.62. The number of aromatic amines is 1. The highest BCUT2D eigenvalue weighted by Gasteiger charge is 2.16. The number of methoxy groups -OCH3 is 2. The zero-order valence-electron chi connectivity index (χ0n) is 17.7. The Morgan fingerprint density at radius 1 is 0.833 bits per heavy atom. The van der Waals surface area contributed by atoms with Crippen LogP contribution in [0.5, 0.6) is 11.5 Å². The van der Waals surface area contributed by atoms with Crippen LogP contribution < -0.4 is 9.47 Å². The molecule has 2 aromatic carbocycles. The summed E-state index contributed by atoms with van der Waals surface area (Å²) in [5.41, 5.74) is 6.82. The lowest BCUT2D eigenvalue weighted by Gasteiger charge is -2.07. The van der Waals surface area contributed by atoms with E-state index >= 15 is 0 Å². The lowest BCUT2D eigenvalue weighted by atomic mass is 10.0. The minimum Gasteiger partial charge on any atom is -0.497 e. The average molecular weight is 420 g/mol. The molecule has 0 radical (unpaired) electrons. The molecule has 1 N–H and O–H groups in total. The number of aromatic nitrogens is 3. The molecule has 30 heavy (non-hydrogen) atoms. The second-order valence-electron chi connectivity index (χ2n) is 7.19. The number of aryl methyl sites for hydroxylation is 2. The number of ether oxygens (including phenoxy) is 2. The van der Waals surface area contributed by atoms with E-state index in [1.54, 1.807) is 26.0 Å². The van der Waals surface area contributed by atoms with Gasteiger partial charge in [-0.1, -0.05) is 36.0 Å². The number of nitrogens with one attached hydrogen (secondary N) is 1. The highest BCUT2D eigenvalue weighted by Crippen LogP contribution is 2.32. The summed E-state index contributed by atoms with van der Waals surface area (Å²) in [5.74, 6) is 3.35. The molecule has 0 unspecified atom stereocenters. The van der Waals surface area contributed by atoms with Gasteiger partial charge < -0.3 is 14.5 Å². The monoisotopic (exact) mass is 419 g/mol. The van der Waals surface area contributed by atoms with Gasteiger partial charge in [0.05, 0.1) is 25.3 Å². The molecule has 0 amide bonds. The second-order valence-corrected chi connectivity index (χ2v) is 8.15. The number of thioether (sulfide) groups is 1. The normalized spacial score (nSPS) is 11.1. The SMILES string of the molecule is COc1ccc(CSc2nc(C)nc3c(Cc4ccc(OC)cc4)c(C)[nH]c23)cc1. The van der Waals surface area contributed by atoms with Gasteiger partial charge in [-0.25, -0.2) is 9.97 Å². The van der Waals surface area contributed by atoms with Gasteiger partial charge in [-0.05, 0) is 49.2 Å². The number of nitrogens with zero attached hydrogens (tertiary/aromatic N) is 2. The fraction of sp³-hybridized carbons (Fsp3) is 0.250. The largest absolute Gasteiger partial charge is 0.497 e. The van der Waals surface area contributed by atoms with Gasteiger partial charge in [-0.3, -0.25) is 0 Å². The van der Waals surface area contributed by atoms with Crippen LogP contribution >= 0.6 is 11.8 Å². The molecule has 0 aliphatic carbocycles. The van der Waals surface area contributed by atoms with Gasteiger partial charge in [0.15, 0.2) is 0 Å². The minimum absolute atomic E-state index is 0.787. The van der Waals surface area contributed by atoms with Gasteiger partial charge in [0.1, 0.15) is 22.3 Å². The molecule has 0 spiro atoms. The molecule has 4 aromatic rings. The van der Waals surface area contributed by atoms with Crippen molar-refractivity contribution in [3.05, 3.63) is 76.7 Å². The van der Waals surface area contributed by atoms with Crippen LogP contribution in [-0.2, 0) is 12.2 Å². The van der Waals surface area contributed by atoms with Crippen molar-refractivity contribution in [3.8, 4) is 11.5 Å². The van der Waals surface area contributed by atoms with Crippen molar-refractivity contribution >= 4 is 22.8 Å². The first-order valence-corrected chi connectivity index (χ1v) is 10.8. The summed E-state index contributed by atoms with van der Waals surface area (Å²) < 4.78 is 10.5. The second kappa shape index (κ2) is 8.79. The predicted octanol–water partition coefficient (Wildman–Crippen LogP) is 5.48. The van der Waals surface area contributed by atoms with Crippen LogP contribution in [0, 0.1) is 13.8 Å². The Morgan fingerprint density at radius 3 is 2.03 bits per heavy atom. The standard InChI is InChI=1S/C24H25N3O2S/c1-15-21(13-17-5-9-19(28-3)10-6-17)22-23(25-15)24(27-16(2)26-22)30-14-18-7-11-20(29-4)12-8-18/h5-12,25H,13-14H2,1-4H3. The van der Waals surface area contributed by atoms with Crippen molar-refractivity contribution in [2.24, 2.45) is 0 Å². The van der Waals surface area contributed by atoms with Crippen LogP contribution in [-0.4, -0.2) is 29.2 Å². The van der Waals surface area contributed by atoms with Gasteiger partial charge in [-0.2, -0.15) is 0 Å². The molecular formula is C24H25N3O2S. The fourth-order valence-corrected chi connectivity index (χ4v) is 4.44. The summed E-state index contributed by atoms with van der Waals surface area (Å²) in [7, 11) is 3.37. The molecule has 4 rings (SSSR count). The van der Waals surface area contributed by atoms with Crippen molar-refractivity contribution in [1.29, 1.82) is 0 Å². The molecule has 2 heterocycles. The van der Waals surface area contributed by atoms with Crippen LogP contribution in [0.1, 0.15) is 28.2 Å². The Morgan fingerprint density at radius 2 is 1.43 bits per heavy atom. The van der Waals surface area contributed by atoms with E-state index in [-0.39, 0.29) is 0 Å². The number of fused-ring (bicyclic) bond motifs is 1. The molecule has 5 nitrogen and oxygen atoms in total. The van der Waals surface area contributed by atoms with Crippen LogP contribution in [0.4, 0.5) is 0 Å². The quantitative estimate of drug-likeness (QED) is 0.318. The highest BCUT2D eigenvalue weighted by molar-refractivity contribution is 7.98. The first-order chi connectivity index (χ1) is 14.6. The Kier molecular flexibility index (Phi) is 5.95. The molecule has 0 aliphatic heterocycles. The third kappa shape index (κ3) is 4.28. The molecule has 6 heteroatoms. The molecule has 154 valence electrons. The highest BCUT2D eigenvalue weighted by atomic mass is 32.2. The van der Waals surface area contributed by atoms with Crippen molar-refractivity contribution in [2.45, 2.75) is 31.0 Å². The van der Waals surface area contributed by atoms with Crippen molar-refractivity contribution in [3.63, 3.8) is 0 Å². The van der Waals surface area contributed by atoms with E-state index in [9.17, 15) is 0 Å². The van der Waals surface area contributed by atoms with E-state index in [0.717, 1.165) is 51.3 Å². The van der Waals surface area contributed by atoms with Crippen LogP contribution in [0.15, 0.2) is 53.6 Å². The van der Waals surface area contributed by atoms with Crippen LogP contribution in [0.2, 0.25) is 0 Å². The van der Waals surface area contributed by atoms with E-state index < -0.39 is 0 Å². The summed E-state index contributed by atoms with van der Waals surface area (Å²) in [6, 6.07) is 16.4. The summed E-state index contributed by atoms with van der Waals surface area (Å²) in [4.78, 5) is 13.0. The van der Waals surface area contributed by atoms with Crippen molar-refractivity contribution < 1.29 is 9.47 Å². The molecule has 0 aliphatic rings. The molecular weight excluding hydrogens is 394 g/mol. The van der Waals surface area contributed by atoms with E-state index in [1.807, 2.05) is 31.2 Å². The van der Waals surface area contributed by atoms with E-state index in [1.165, 1.54) is 16.7 Å². The van der Waals surface area contributed by atoms with E-state index in [2.05, 4.69) is 36.2 Å². The zero-order chi connectivity index (χ0) is 21.1. The number of hydrogen-bond acceptors (Lipinski definition) is 5. The lowest BCUT2D eigenvalue weighted by Crippen LogP contribution is -1.95. The molecule has 2 aromatic heterocycles. The van der Waals surface area contributed by atoms with Gasteiger partial charge in [0.25, 0.3) is 0 Å². The summed E-state index contributed by atoms with van der Waals surface area (Å²) in [5, 5.41) is 0.984. The van der Waals surface area contributed by atoms with Gasteiger partial charge in [0.2, 0.25) is 0 Å². The lowest BCUT2D eigenvalue weighted by molar-refractivity contribution is 0.414. The maximum absolute atomic E-state index is 5.27. The Hall–Kier alpha value is -2.99. The average Bonchev–Trinajstić information content (AvgIpc) is 3.08. The smallest absolute Gasteiger partial charge is 0.127 e. The first kappa shape index (κ1) is 20.3. The summed E-state index contributed by atoms with van der Waals surface area (Å²) in [6.07, 6.45) is 0.814. The number of rotatable bonds is 7. The molecule has 0 atom stereocenters. The van der Waals surface area contributed by atoms with Gasteiger partial charge in [-0.15, -0.1) is 0 Å². The molecule has 0 saturated heterocycles. The topological polar surface area (TPSA) is 60.0 Å². The minimum atomic E-state index is 0.787. The van der Waals surface area contributed by atoms with Gasteiger partial charge in [0, 0.05) is 23.4 Å². The van der Waals surface area contributed by atoms with Crippen molar-refractivity contribution in [1.82, 2.24) is 15.0 Å². The van der Waals surface area contributed by atoms with E-state index in [0.29, 0.717) is 0 Å². The zero-order valence-corrected chi connectivity index (χ0v) is 18.5. The summed E-state index contributed by atoms with van der Waals surface area (Å²) >= 11 is 1.72. The number of benzene rings is 2. The summed E-state index contributed by atoms with van der Waals surface area (Å²) in [6.45, 7) is 4.06. The van der Waals surface area contributed by atoms with Gasteiger partial charge >= 0.3 is 0 Å². The van der Waals surface area contributed by atoms with E-state index in [4.69, 9.17) is 19.4 Å². The maximum Gasteiger partial charge on any atom is 0.127 e. The van der Waals surface area contributed by atoms with Crippen LogP contribution in [0.25, 0.3) is 11.0 Å². The van der Waals surface area contributed by atoms with Crippen molar-refractivity contribution in [2.75, 3.05) is 14.2 Å². The molecule has 0 bridgehead atoms. The predicted molar refractivity (Wildman–Crippen MR) is 122 cm³/mol. The number of hydrogen-bond donors (Lipinski definition) is 1. The third-order valence-corrected chi connectivity index (χ3v) is 6.16. The maximum atomic E-state index is 5.27. The number of H-pyrrole nitrogens is 1. The third-order valence-electron chi connectivity index (χ3n) is 5.11. The fourth-order valence-electron chi connectivity index (χ4n) is 3.46. The molecule has 0 fully saturated rings. The Bertz CT molecular complexity index is 1150.